The number of rotatable bonds is 3. The van der Waals surface area contributed by atoms with Gasteiger partial charge in [0.2, 0.25) is 5.91 Å². The minimum absolute atomic E-state index is 0.00212. The van der Waals surface area contributed by atoms with Gasteiger partial charge in [0.05, 0.1) is 6.04 Å². The summed E-state index contributed by atoms with van der Waals surface area (Å²) in [6.45, 7) is 1.99. The van der Waals surface area contributed by atoms with Crippen LogP contribution in [0.1, 0.15) is 50.6 Å². The maximum Gasteiger partial charge on any atom is 0.223 e. The second kappa shape index (κ2) is 5.96. The average molecular weight is 286 g/mol. The van der Waals surface area contributed by atoms with Crippen molar-refractivity contribution in [2.24, 2.45) is 17.8 Å². The van der Waals surface area contributed by atoms with Gasteiger partial charge in [-0.1, -0.05) is 6.42 Å². The van der Waals surface area contributed by atoms with Crippen LogP contribution in [0.15, 0.2) is 24.5 Å². The molecule has 2 aliphatic rings. The predicted molar refractivity (Wildman–Crippen MR) is 79.4 cm³/mol. The summed E-state index contributed by atoms with van der Waals surface area (Å²) >= 11 is 0. The van der Waals surface area contributed by atoms with Crippen LogP contribution in [0.25, 0.3) is 0 Å². The van der Waals surface area contributed by atoms with Crippen molar-refractivity contribution in [2.45, 2.75) is 45.1 Å². The standard InChI is InChI=1S/C17H22N2O2/c1-11(12-5-7-18-8-6-12)19-17(21)15-9-13-3-2-4-14(10-15)16(13)20/h5-8,11,13-15H,2-4,9-10H2,1H3,(H,19,21)/t11-,13-,14+,15?/m1/s1. The first-order valence-corrected chi connectivity index (χ1v) is 7.89. The van der Waals surface area contributed by atoms with Gasteiger partial charge < -0.3 is 5.32 Å². The Hall–Kier alpha value is -1.71. The van der Waals surface area contributed by atoms with E-state index < -0.39 is 0 Å². The molecule has 3 rings (SSSR count). The Morgan fingerprint density at radius 3 is 2.48 bits per heavy atom. The van der Waals surface area contributed by atoms with E-state index in [1.807, 2.05) is 19.1 Å². The molecule has 112 valence electrons. The van der Waals surface area contributed by atoms with Crippen molar-refractivity contribution in [1.82, 2.24) is 10.3 Å². The normalized spacial score (nSPS) is 29.8. The van der Waals surface area contributed by atoms with Crippen LogP contribution in [-0.2, 0) is 9.59 Å². The second-order valence-electron chi connectivity index (χ2n) is 6.41. The fourth-order valence-corrected chi connectivity index (χ4v) is 3.76. The Kier molecular flexibility index (Phi) is 4.04. The van der Waals surface area contributed by atoms with Crippen LogP contribution in [0, 0.1) is 17.8 Å². The van der Waals surface area contributed by atoms with E-state index in [2.05, 4.69) is 10.3 Å². The SMILES string of the molecule is C[C@@H](NC(=O)C1C[C@H]2CCC[C@@H](C1)C2=O)c1ccncc1. The molecule has 1 unspecified atom stereocenters. The number of carbonyl (C=O) groups excluding carboxylic acids is 2. The topological polar surface area (TPSA) is 59.1 Å². The number of Topliss-reactive ketones (excluding diaryl/α,β-unsaturated/α-hetero) is 1. The highest BCUT2D eigenvalue weighted by atomic mass is 16.2. The molecule has 0 aromatic carbocycles. The largest absolute Gasteiger partial charge is 0.349 e. The summed E-state index contributed by atoms with van der Waals surface area (Å²) in [5, 5.41) is 3.09. The minimum Gasteiger partial charge on any atom is -0.349 e. The molecule has 2 saturated carbocycles. The molecule has 2 bridgehead atoms. The maximum absolute atomic E-state index is 12.5. The third-order valence-corrected chi connectivity index (χ3v) is 4.98. The third kappa shape index (κ3) is 2.99. The number of amides is 1. The van der Waals surface area contributed by atoms with Gasteiger partial charge in [0.1, 0.15) is 5.78 Å². The van der Waals surface area contributed by atoms with Crippen LogP contribution in [0.4, 0.5) is 0 Å². The zero-order valence-corrected chi connectivity index (χ0v) is 12.4. The monoisotopic (exact) mass is 286 g/mol. The molecule has 21 heavy (non-hydrogen) atoms. The van der Waals surface area contributed by atoms with Gasteiger partial charge in [-0.05, 0) is 50.3 Å². The number of aromatic nitrogens is 1. The molecule has 1 aromatic heterocycles. The molecule has 4 heteroatoms. The number of nitrogens with zero attached hydrogens (tertiary/aromatic N) is 1. The Morgan fingerprint density at radius 2 is 1.86 bits per heavy atom. The molecule has 0 saturated heterocycles. The predicted octanol–water partition coefficient (Wildman–Crippen LogP) is 2.65. The van der Waals surface area contributed by atoms with Crippen molar-refractivity contribution in [2.75, 3.05) is 0 Å². The van der Waals surface area contributed by atoms with Gasteiger partial charge in [0, 0.05) is 30.1 Å². The van der Waals surface area contributed by atoms with E-state index in [0.29, 0.717) is 5.78 Å². The average Bonchev–Trinajstić information content (AvgIpc) is 2.47. The van der Waals surface area contributed by atoms with Gasteiger partial charge >= 0.3 is 0 Å². The second-order valence-corrected chi connectivity index (χ2v) is 6.41. The number of pyridine rings is 1. The molecule has 1 aromatic rings. The van der Waals surface area contributed by atoms with Gasteiger partial charge in [-0.15, -0.1) is 0 Å². The Labute approximate surface area is 125 Å². The zero-order chi connectivity index (χ0) is 14.8. The lowest BCUT2D eigenvalue weighted by Crippen LogP contribution is -2.43. The highest BCUT2D eigenvalue weighted by Crippen LogP contribution is 2.40. The van der Waals surface area contributed by atoms with Crippen molar-refractivity contribution in [3.63, 3.8) is 0 Å². The van der Waals surface area contributed by atoms with E-state index in [9.17, 15) is 9.59 Å². The van der Waals surface area contributed by atoms with Crippen molar-refractivity contribution in [3.05, 3.63) is 30.1 Å². The summed E-state index contributed by atoms with van der Waals surface area (Å²) in [7, 11) is 0. The van der Waals surface area contributed by atoms with E-state index in [4.69, 9.17) is 0 Å². The number of hydrogen-bond acceptors (Lipinski definition) is 3. The van der Waals surface area contributed by atoms with Crippen LogP contribution < -0.4 is 5.32 Å². The number of carbonyl (C=O) groups is 2. The van der Waals surface area contributed by atoms with Gasteiger partial charge in [0.25, 0.3) is 0 Å². The van der Waals surface area contributed by atoms with Crippen molar-refractivity contribution in [3.8, 4) is 0 Å². The van der Waals surface area contributed by atoms with Gasteiger partial charge in [-0.3, -0.25) is 14.6 Å². The van der Waals surface area contributed by atoms with Crippen LogP contribution in [0.5, 0.6) is 0 Å². The summed E-state index contributed by atoms with van der Waals surface area (Å²) in [6, 6.07) is 3.83. The van der Waals surface area contributed by atoms with Crippen molar-refractivity contribution in [1.29, 1.82) is 0 Å². The minimum atomic E-state index is -0.0158. The van der Waals surface area contributed by atoms with E-state index in [-0.39, 0.29) is 29.7 Å². The molecule has 1 N–H and O–H groups in total. The number of nitrogens with one attached hydrogen (secondary N) is 1. The summed E-state index contributed by atoms with van der Waals surface area (Å²) in [5.41, 5.74) is 1.06. The quantitative estimate of drug-likeness (QED) is 0.929. The van der Waals surface area contributed by atoms with E-state index in [1.54, 1.807) is 12.4 Å². The maximum atomic E-state index is 12.5. The first-order chi connectivity index (χ1) is 10.1. The number of fused-ring (bicyclic) bond motifs is 2. The van der Waals surface area contributed by atoms with Crippen LogP contribution in [0.2, 0.25) is 0 Å². The summed E-state index contributed by atoms with van der Waals surface area (Å²) in [5.74, 6) is 0.771. The number of hydrogen-bond donors (Lipinski definition) is 1. The molecule has 1 amide bonds. The molecular formula is C17H22N2O2. The van der Waals surface area contributed by atoms with Gasteiger partial charge in [0.15, 0.2) is 0 Å². The molecular weight excluding hydrogens is 264 g/mol. The molecule has 0 radical (unpaired) electrons. The Balaban J connectivity index is 1.62. The molecule has 4 nitrogen and oxygen atoms in total. The number of ketones is 1. The van der Waals surface area contributed by atoms with Gasteiger partial charge in [-0.2, -0.15) is 0 Å². The van der Waals surface area contributed by atoms with E-state index in [0.717, 1.165) is 37.7 Å². The van der Waals surface area contributed by atoms with E-state index >= 15 is 0 Å². The lowest BCUT2D eigenvalue weighted by molar-refractivity contribution is -0.137. The Morgan fingerprint density at radius 1 is 1.24 bits per heavy atom. The molecule has 0 spiro atoms. The first kappa shape index (κ1) is 14.2. The lowest BCUT2D eigenvalue weighted by atomic mass is 9.67. The zero-order valence-electron chi connectivity index (χ0n) is 12.4. The van der Waals surface area contributed by atoms with E-state index in [1.165, 1.54) is 0 Å². The van der Waals surface area contributed by atoms with Crippen LogP contribution in [0.3, 0.4) is 0 Å². The summed E-state index contributed by atoms with van der Waals surface area (Å²) in [6.07, 6.45) is 8.04. The fourth-order valence-electron chi connectivity index (χ4n) is 3.76. The Bertz CT molecular complexity index is 513. The van der Waals surface area contributed by atoms with Crippen LogP contribution >= 0.6 is 0 Å². The lowest BCUT2D eigenvalue weighted by Gasteiger charge is -2.37. The highest BCUT2D eigenvalue weighted by molar-refractivity contribution is 5.88. The van der Waals surface area contributed by atoms with Crippen molar-refractivity contribution >= 4 is 11.7 Å². The molecule has 2 aliphatic carbocycles. The van der Waals surface area contributed by atoms with Gasteiger partial charge in [-0.25, -0.2) is 0 Å². The molecule has 2 fully saturated rings. The molecule has 0 aliphatic heterocycles. The smallest absolute Gasteiger partial charge is 0.223 e. The first-order valence-electron chi connectivity index (χ1n) is 7.89. The summed E-state index contributed by atoms with van der Waals surface area (Å²) in [4.78, 5) is 28.6. The highest BCUT2D eigenvalue weighted by Gasteiger charge is 2.41. The van der Waals surface area contributed by atoms with Crippen molar-refractivity contribution < 1.29 is 9.59 Å². The van der Waals surface area contributed by atoms with Crippen LogP contribution in [-0.4, -0.2) is 16.7 Å². The molecule has 1 heterocycles. The fraction of sp³-hybridized carbons (Fsp3) is 0.588. The summed E-state index contributed by atoms with van der Waals surface area (Å²) < 4.78 is 0. The third-order valence-electron chi connectivity index (χ3n) is 4.98. The molecule has 4 atom stereocenters.